The molecule has 0 amide bonds. The molecule has 35 heavy (non-hydrogen) atoms. The number of thiazole rings is 1. The fourth-order valence-corrected chi connectivity index (χ4v) is 6.05. The van der Waals surface area contributed by atoms with Gasteiger partial charge in [-0.15, -0.1) is 11.3 Å². The van der Waals surface area contributed by atoms with Gasteiger partial charge >= 0.3 is 0 Å². The Kier molecular flexibility index (Phi) is 10.4. The summed E-state index contributed by atoms with van der Waals surface area (Å²) in [5.41, 5.74) is 5.97. The largest absolute Gasteiger partial charge is 0.380 e. The standard InChI is InChI=1S/C23H34N2S.C7H15NO/c1-7-24-13-10-16(2)21-25-20(15-26-21)17-8-9-18-19(14-17)23(5,6)12-11-22(18,3)4;1-2-7-3-5-9-6-4-8-7/h8-9,14-16,24H,7,10-13H2,1-6H3;7-8H,2-6H2,1H3. The zero-order chi connectivity index (χ0) is 25.5. The monoisotopic (exact) mass is 499 g/mol. The molecule has 1 aromatic heterocycles. The van der Waals surface area contributed by atoms with Crippen LogP contribution in [0.3, 0.4) is 0 Å². The molecule has 2 atom stereocenters. The van der Waals surface area contributed by atoms with E-state index in [2.05, 4.69) is 82.7 Å². The Morgan fingerprint density at radius 1 is 1.11 bits per heavy atom. The predicted molar refractivity (Wildman–Crippen MR) is 152 cm³/mol. The highest BCUT2D eigenvalue weighted by molar-refractivity contribution is 7.10. The summed E-state index contributed by atoms with van der Waals surface area (Å²) >= 11 is 1.81. The van der Waals surface area contributed by atoms with Gasteiger partial charge in [0.1, 0.15) is 0 Å². The van der Waals surface area contributed by atoms with Gasteiger partial charge in [0, 0.05) is 36.1 Å². The number of aromatic nitrogens is 1. The zero-order valence-corrected chi connectivity index (χ0v) is 24.1. The SMILES string of the molecule is CCC1CCOCCN1.CCNCCC(C)c1nc(-c2ccc3c(c2)C(C)(C)CCC3(C)C)cs1. The first-order chi connectivity index (χ1) is 16.7. The molecule has 5 heteroatoms. The Hall–Kier alpha value is -1.27. The van der Waals surface area contributed by atoms with Crippen molar-refractivity contribution in [2.45, 2.75) is 103 Å². The Morgan fingerprint density at radius 3 is 2.57 bits per heavy atom. The van der Waals surface area contributed by atoms with Gasteiger partial charge in [0.05, 0.1) is 17.3 Å². The van der Waals surface area contributed by atoms with Crippen LogP contribution in [-0.4, -0.2) is 43.9 Å². The molecule has 1 fully saturated rings. The molecular formula is C30H49N3OS. The molecule has 2 aromatic rings. The van der Waals surface area contributed by atoms with E-state index in [0.717, 1.165) is 45.0 Å². The van der Waals surface area contributed by atoms with Crippen LogP contribution >= 0.6 is 11.3 Å². The molecule has 196 valence electrons. The lowest BCUT2D eigenvalue weighted by atomic mass is 9.63. The molecule has 0 spiro atoms. The van der Waals surface area contributed by atoms with E-state index in [1.54, 1.807) is 0 Å². The molecular weight excluding hydrogens is 450 g/mol. The van der Waals surface area contributed by atoms with Crippen molar-refractivity contribution in [3.63, 3.8) is 0 Å². The van der Waals surface area contributed by atoms with Crippen LogP contribution in [0.2, 0.25) is 0 Å². The van der Waals surface area contributed by atoms with Crippen molar-refractivity contribution in [2.24, 2.45) is 0 Å². The van der Waals surface area contributed by atoms with E-state index in [9.17, 15) is 0 Å². The van der Waals surface area contributed by atoms with Gasteiger partial charge < -0.3 is 15.4 Å². The Balaban J connectivity index is 0.000000320. The van der Waals surface area contributed by atoms with Crippen LogP contribution in [0.4, 0.5) is 0 Å². The fraction of sp³-hybridized carbons (Fsp3) is 0.700. The molecule has 0 bridgehead atoms. The summed E-state index contributed by atoms with van der Waals surface area (Å²) in [6.45, 7) is 21.2. The van der Waals surface area contributed by atoms with Gasteiger partial charge in [0.2, 0.25) is 0 Å². The molecule has 1 aliphatic heterocycles. The minimum atomic E-state index is 0.249. The second-order valence-corrected chi connectivity index (χ2v) is 12.5. The molecule has 1 aromatic carbocycles. The number of hydrogen-bond acceptors (Lipinski definition) is 5. The summed E-state index contributed by atoms with van der Waals surface area (Å²) in [7, 11) is 0. The summed E-state index contributed by atoms with van der Waals surface area (Å²) in [5, 5.41) is 10.3. The van der Waals surface area contributed by atoms with E-state index in [0.29, 0.717) is 12.0 Å². The Morgan fingerprint density at radius 2 is 1.86 bits per heavy atom. The third kappa shape index (κ3) is 7.61. The summed E-state index contributed by atoms with van der Waals surface area (Å²) < 4.78 is 5.26. The molecule has 1 saturated heterocycles. The molecule has 4 rings (SSSR count). The van der Waals surface area contributed by atoms with Crippen LogP contribution in [0.25, 0.3) is 11.3 Å². The van der Waals surface area contributed by atoms with Crippen LogP contribution in [-0.2, 0) is 15.6 Å². The van der Waals surface area contributed by atoms with E-state index >= 15 is 0 Å². The molecule has 1 aliphatic carbocycles. The van der Waals surface area contributed by atoms with Crippen molar-refractivity contribution in [1.82, 2.24) is 15.6 Å². The zero-order valence-electron chi connectivity index (χ0n) is 23.3. The van der Waals surface area contributed by atoms with Crippen molar-refractivity contribution in [1.29, 1.82) is 0 Å². The highest BCUT2D eigenvalue weighted by Gasteiger charge is 2.37. The normalized spacial score (nSPS) is 21.9. The van der Waals surface area contributed by atoms with E-state index in [1.165, 1.54) is 47.4 Å². The van der Waals surface area contributed by atoms with Crippen molar-refractivity contribution < 1.29 is 4.74 Å². The van der Waals surface area contributed by atoms with E-state index < -0.39 is 0 Å². The Bertz CT molecular complexity index is 912. The average molecular weight is 500 g/mol. The van der Waals surface area contributed by atoms with E-state index in [-0.39, 0.29) is 10.8 Å². The summed E-state index contributed by atoms with van der Waals surface area (Å²) in [6.07, 6.45) is 6.06. The topological polar surface area (TPSA) is 46.2 Å². The smallest absolute Gasteiger partial charge is 0.0961 e. The van der Waals surface area contributed by atoms with Crippen LogP contribution in [0, 0.1) is 0 Å². The molecule has 0 radical (unpaired) electrons. The summed E-state index contributed by atoms with van der Waals surface area (Å²) in [4.78, 5) is 4.98. The van der Waals surface area contributed by atoms with Gasteiger partial charge in [-0.1, -0.05) is 60.6 Å². The van der Waals surface area contributed by atoms with Crippen molar-refractivity contribution in [3.05, 3.63) is 39.7 Å². The molecule has 2 aliphatic rings. The highest BCUT2D eigenvalue weighted by atomic mass is 32.1. The van der Waals surface area contributed by atoms with Gasteiger partial charge in [-0.05, 0) is 73.2 Å². The highest BCUT2D eigenvalue weighted by Crippen LogP contribution is 2.46. The Labute approximate surface area is 218 Å². The number of nitrogens with one attached hydrogen (secondary N) is 2. The number of ether oxygens (including phenoxy) is 1. The summed E-state index contributed by atoms with van der Waals surface area (Å²) in [5.74, 6) is 0.515. The van der Waals surface area contributed by atoms with Crippen LogP contribution in [0.15, 0.2) is 23.6 Å². The number of hydrogen-bond donors (Lipinski definition) is 2. The van der Waals surface area contributed by atoms with Crippen LogP contribution < -0.4 is 10.6 Å². The maximum atomic E-state index is 5.26. The third-order valence-corrected chi connectivity index (χ3v) is 8.96. The van der Waals surface area contributed by atoms with Crippen LogP contribution in [0.1, 0.15) is 103 Å². The first kappa shape index (κ1) is 28.3. The third-order valence-electron chi connectivity index (χ3n) is 7.88. The fourth-order valence-electron chi connectivity index (χ4n) is 5.13. The maximum absolute atomic E-state index is 5.26. The van der Waals surface area contributed by atoms with Crippen LogP contribution in [0.5, 0.6) is 0 Å². The number of rotatable bonds is 7. The van der Waals surface area contributed by atoms with E-state index in [4.69, 9.17) is 9.72 Å². The van der Waals surface area contributed by atoms with Crippen molar-refractivity contribution >= 4 is 11.3 Å². The molecule has 0 saturated carbocycles. The summed E-state index contributed by atoms with van der Waals surface area (Å²) in [6, 6.07) is 7.76. The first-order valence-corrected chi connectivity index (χ1v) is 14.7. The second kappa shape index (κ2) is 12.8. The van der Waals surface area contributed by atoms with Gasteiger partial charge in [-0.3, -0.25) is 0 Å². The first-order valence-electron chi connectivity index (χ1n) is 13.8. The molecule has 2 heterocycles. The molecule has 4 nitrogen and oxygen atoms in total. The average Bonchev–Trinajstić information content (AvgIpc) is 3.19. The number of fused-ring (bicyclic) bond motifs is 1. The van der Waals surface area contributed by atoms with Gasteiger partial charge in [-0.2, -0.15) is 0 Å². The number of benzene rings is 1. The number of nitrogens with zero attached hydrogens (tertiary/aromatic N) is 1. The van der Waals surface area contributed by atoms with Crippen molar-refractivity contribution in [3.8, 4) is 11.3 Å². The molecule has 2 N–H and O–H groups in total. The van der Waals surface area contributed by atoms with Gasteiger partial charge in [0.25, 0.3) is 0 Å². The minimum absolute atomic E-state index is 0.249. The van der Waals surface area contributed by atoms with Crippen molar-refractivity contribution in [2.75, 3.05) is 32.8 Å². The molecule has 2 unspecified atom stereocenters. The minimum Gasteiger partial charge on any atom is -0.380 e. The lowest BCUT2D eigenvalue weighted by Crippen LogP contribution is -2.33. The maximum Gasteiger partial charge on any atom is 0.0961 e. The van der Waals surface area contributed by atoms with Gasteiger partial charge in [0.15, 0.2) is 0 Å². The van der Waals surface area contributed by atoms with Gasteiger partial charge in [-0.25, -0.2) is 4.98 Å². The quantitative estimate of drug-likeness (QED) is 0.401. The van der Waals surface area contributed by atoms with E-state index in [1.807, 2.05) is 11.3 Å². The second-order valence-electron chi connectivity index (χ2n) is 11.6. The lowest BCUT2D eigenvalue weighted by molar-refractivity contribution is 0.149. The lowest BCUT2D eigenvalue weighted by Gasteiger charge is -2.42. The predicted octanol–water partition coefficient (Wildman–Crippen LogP) is 7.04.